The molecule has 6 heteroatoms. The van der Waals surface area contributed by atoms with Gasteiger partial charge in [0.2, 0.25) is 15.2 Å². The van der Waals surface area contributed by atoms with Crippen LogP contribution in [0, 0.1) is 5.39 Å². The fourth-order valence-electron chi connectivity index (χ4n) is 0.231. The van der Waals surface area contributed by atoms with Gasteiger partial charge in [-0.1, -0.05) is 0 Å². The Morgan fingerprint density at radius 3 is 2.22 bits per heavy atom. The van der Waals surface area contributed by atoms with Crippen LogP contribution in [0.4, 0.5) is 0 Å². The van der Waals surface area contributed by atoms with Gasteiger partial charge in [0.25, 0.3) is 0 Å². The number of sulfone groups is 1. The van der Waals surface area contributed by atoms with Crippen molar-refractivity contribution in [1.82, 2.24) is 0 Å². The number of rotatable bonds is 2. The van der Waals surface area contributed by atoms with Gasteiger partial charge in [-0.15, -0.1) is 11.6 Å². The highest BCUT2D eigenvalue weighted by Crippen LogP contribution is 2.01. The van der Waals surface area contributed by atoms with Crippen molar-refractivity contribution in [2.45, 2.75) is 5.37 Å². The van der Waals surface area contributed by atoms with Crippen molar-refractivity contribution in [3.63, 3.8) is 0 Å². The van der Waals surface area contributed by atoms with Crippen molar-refractivity contribution in [1.29, 1.82) is 5.39 Å². The van der Waals surface area contributed by atoms with E-state index in [-0.39, 0.29) is 5.88 Å². The van der Waals surface area contributed by atoms with Crippen molar-refractivity contribution in [2.24, 2.45) is 0 Å². The van der Waals surface area contributed by atoms with Gasteiger partial charge in [0, 0.05) is 6.26 Å². The summed E-state index contributed by atoms with van der Waals surface area (Å²) in [6.45, 7) is 0. The van der Waals surface area contributed by atoms with Crippen molar-refractivity contribution in [3.05, 3.63) is 4.98 Å². The van der Waals surface area contributed by atoms with Gasteiger partial charge in [-0.2, -0.15) is 0 Å². The molecule has 0 spiro atoms. The maximum absolute atomic E-state index is 10.5. The van der Waals surface area contributed by atoms with Crippen LogP contribution in [0.15, 0.2) is 0 Å². The molecule has 0 aromatic carbocycles. The molecule has 1 unspecified atom stereocenters. The molecule has 0 fully saturated rings. The third-order valence-electron chi connectivity index (χ3n) is 0.755. The van der Waals surface area contributed by atoms with Crippen LogP contribution in [-0.2, 0) is 9.84 Å². The lowest BCUT2D eigenvalue weighted by Crippen LogP contribution is -2.16. The van der Waals surface area contributed by atoms with Gasteiger partial charge in [-0.25, -0.2) is 8.42 Å². The van der Waals surface area contributed by atoms with E-state index in [2.05, 4.69) is 4.98 Å². The average Bonchev–Trinajstić information content (AvgIpc) is 1.65. The van der Waals surface area contributed by atoms with E-state index in [9.17, 15) is 8.42 Å². The summed E-state index contributed by atoms with van der Waals surface area (Å²) in [6.07, 6.45) is 0.958. The summed E-state index contributed by atoms with van der Waals surface area (Å²) in [5.74, 6) is -0.213. The van der Waals surface area contributed by atoms with Crippen LogP contribution in [0.2, 0.25) is 0 Å². The number of hydrogen-bond acceptors (Lipinski definition) is 3. The number of halogens is 1. The Bertz CT molecular complexity index is 216. The van der Waals surface area contributed by atoms with Crippen LogP contribution in [0.1, 0.15) is 0 Å². The normalized spacial score (nSPS) is 14.3. The lowest BCUT2D eigenvalue weighted by Gasteiger charge is -1.86. The standard InChI is InChI=1S/C3H6ClN2O2S/c1-9(7,8)3(2-4)6-5/h3H,2H2,1H3/q+1. The molecule has 0 aliphatic heterocycles. The molecule has 0 heterocycles. The van der Waals surface area contributed by atoms with Gasteiger partial charge in [0.05, 0.1) is 0 Å². The molecular weight excluding hydrogens is 164 g/mol. The van der Waals surface area contributed by atoms with Gasteiger partial charge < -0.3 is 0 Å². The van der Waals surface area contributed by atoms with E-state index in [1.54, 1.807) is 0 Å². The Hall–Kier alpha value is -0.340. The topological polar surface area (TPSA) is 62.3 Å². The van der Waals surface area contributed by atoms with Crippen LogP contribution in [0.3, 0.4) is 0 Å². The first-order valence-corrected chi connectivity index (χ1v) is 4.60. The lowest BCUT2D eigenvalue weighted by molar-refractivity contribution is 0.597. The Kier molecular flexibility index (Phi) is 2.88. The third kappa shape index (κ3) is 2.63. The smallest absolute Gasteiger partial charge is 0.221 e. The predicted molar refractivity (Wildman–Crippen MR) is 34.4 cm³/mol. The Labute approximate surface area is 58.4 Å². The van der Waals surface area contributed by atoms with E-state index in [0.717, 1.165) is 6.26 Å². The SMILES string of the molecule is CS(=O)(=O)C(CCl)[N+]#N. The second-order valence-electron chi connectivity index (χ2n) is 1.55. The number of nitrogens with zero attached hydrogens (tertiary/aromatic N) is 2. The van der Waals surface area contributed by atoms with E-state index in [4.69, 9.17) is 17.0 Å². The minimum atomic E-state index is -3.31. The van der Waals surface area contributed by atoms with Crippen LogP contribution < -0.4 is 0 Å². The second kappa shape index (κ2) is 2.99. The van der Waals surface area contributed by atoms with E-state index >= 15 is 0 Å². The minimum Gasteiger partial charge on any atom is -0.221 e. The molecular formula is C3H6ClN2O2S+. The van der Waals surface area contributed by atoms with Gasteiger partial charge >= 0.3 is 5.37 Å². The van der Waals surface area contributed by atoms with Gasteiger partial charge in [0.15, 0.2) is 0 Å². The van der Waals surface area contributed by atoms with Crippen molar-refractivity contribution in [3.8, 4) is 0 Å². The predicted octanol–water partition coefficient (Wildman–Crippen LogP) is 0.449. The molecule has 0 aromatic heterocycles. The number of diazo groups is 1. The Morgan fingerprint density at radius 2 is 2.22 bits per heavy atom. The molecule has 0 bridgehead atoms. The van der Waals surface area contributed by atoms with E-state index in [1.165, 1.54) is 0 Å². The number of alkyl halides is 1. The average molecular weight is 170 g/mol. The third-order valence-corrected chi connectivity index (χ3v) is 2.48. The van der Waals surface area contributed by atoms with Crippen LogP contribution in [0.5, 0.6) is 0 Å². The van der Waals surface area contributed by atoms with Crippen molar-refractivity contribution < 1.29 is 8.42 Å². The first-order valence-electron chi connectivity index (χ1n) is 2.11. The van der Waals surface area contributed by atoms with Gasteiger partial charge in [-0.05, 0) is 0 Å². The fraction of sp³-hybridized carbons (Fsp3) is 1.00. The first-order chi connectivity index (χ1) is 4.02. The molecule has 0 aromatic rings. The molecule has 0 saturated carbocycles. The summed E-state index contributed by atoms with van der Waals surface area (Å²) in [7, 11) is -3.31. The lowest BCUT2D eigenvalue weighted by atomic mass is 10.8. The van der Waals surface area contributed by atoms with Crippen molar-refractivity contribution in [2.75, 3.05) is 12.1 Å². The Balaban J connectivity index is 4.38. The van der Waals surface area contributed by atoms with Crippen LogP contribution >= 0.6 is 11.6 Å². The minimum absolute atomic E-state index is 0.213. The first kappa shape index (κ1) is 8.66. The highest BCUT2D eigenvalue weighted by molar-refractivity contribution is 7.91. The van der Waals surface area contributed by atoms with Crippen LogP contribution in [-0.4, -0.2) is 25.9 Å². The summed E-state index contributed by atoms with van der Waals surface area (Å²) >= 11 is 5.12. The molecule has 0 aliphatic carbocycles. The van der Waals surface area contributed by atoms with E-state index in [0.29, 0.717) is 0 Å². The molecule has 0 aliphatic rings. The van der Waals surface area contributed by atoms with E-state index < -0.39 is 15.2 Å². The second-order valence-corrected chi connectivity index (χ2v) is 4.07. The van der Waals surface area contributed by atoms with E-state index in [1.807, 2.05) is 0 Å². The molecule has 9 heavy (non-hydrogen) atoms. The highest BCUT2D eigenvalue weighted by atomic mass is 35.5. The molecule has 0 saturated heterocycles. The summed E-state index contributed by atoms with van der Waals surface area (Å²) in [5, 5.41) is 6.84. The maximum atomic E-state index is 10.5. The zero-order chi connectivity index (χ0) is 7.49. The molecule has 0 amide bonds. The van der Waals surface area contributed by atoms with Crippen molar-refractivity contribution >= 4 is 21.4 Å². The van der Waals surface area contributed by atoms with Gasteiger partial charge in [-0.3, -0.25) is 0 Å². The zero-order valence-electron chi connectivity index (χ0n) is 4.78. The maximum Gasteiger partial charge on any atom is 0.423 e. The molecule has 0 radical (unpaired) electrons. The quantitative estimate of drug-likeness (QED) is 0.446. The molecule has 0 N–H and O–H groups in total. The van der Waals surface area contributed by atoms with Crippen LogP contribution in [0.25, 0.3) is 4.98 Å². The molecule has 1 atom stereocenters. The van der Waals surface area contributed by atoms with Gasteiger partial charge in [0.1, 0.15) is 10.9 Å². The summed E-state index contributed by atoms with van der Waals surface area (Å²) in [4.78, 5) is 2.56. The number of hydrogen-bond donors (Lipinski definition) is 0. The summed E-state index contributed by atoms with van der Waals surface area (Å²) in [6, 6.07) is 0. The summed E-state index contributed by atoms with van der Waals surface area (Å²) < 4.78 is 20.9. The molecule has 52 valence electrons. The molecule has 0 rings (SSSR count). The highest BCUT2D eigenvalue weighted by Gasteiger charge is 2.31. The monoisotopic (exact) mass is 169 g/mol. The Morgan fingerprint density at radius 1 is 1.78 bits per heavy atom. The largest absolute Gasteiger partial charge is 0.423 e. The zero-order valence-corrected chi connectivity index (χ0v) is 6.35. The molecule has 4 nitrogen and oxygen atoms in total. The summed E-state index contributed by atoms with van der Waals surface area (Å²) in [5.41, 5.74) is 0. The fourth-order valence-corrected chi connectivity index (χ4v) is 1.38.